The first-order valence-corrected chi connectivity index (χ1v) is 6.49. The Kier molecular flexibility index (Phi) is 3.27. The zero-order valence-corrected chi connectivity index (χ0v) is 10.3. The molecule has 1 unspecified atom stereocenters. The highest BCUT2D eigenvalue weighted by Crippen LogP contribution is 2.28. The largest absolute Gasteiger partial charge is 0.0799 e. The van der Waals surface area contributed by atoms with Gasteiger partial charge in [-0.15, -0.1) is 0 Å². The molecule has 0 heteroatoms. The van der Waals surface area contributed by atoms with Gasteiger partial charge < -0.3 is 0 Å². The zero-order chi connectivity index (χ0) is 12.2. The molecule has 1 aliphatic carbocycles. The van der Waals surface area contributed by atoms with Gasteiger partial charge in [-0.2, -0.15) is 0 Å². The van der Waals surface area contributed by atoms with Gasteiger partial charge in [-0.05, 0) is 35.4 Å². The quantitative estimate of drug-likeness (QED) is 0.720. The third-order valence-electron chi connectivity index (χ3n) is 3.40. The van der Waals surface area contributed by atoms with Gasteiger partial charge in [0, 0.05) is 6.42 Å². The minimum atomic E-state index is 0.445. The van der Waals surface area contributed by atoms with E-state index in [2.05, 4.69) is 67.1 Å². The van der Waals surface area contributed by atoms with Crippen molar-refractivity contribution in [2.45, 2.75) is 12.8 Å². The predicted octanol–water partition coefficient (Wildman–Crippen LogP) is 4.39. The number of fused-ring (bicyclic) bond motifs is 1. The van der Waals surface area contributed by atoms with E-state index in [0.29, 0.717) is 5.92 Å². The van der Waals surface area contributed by atoms with Gasteiger partial charge in [0.25, 0.3) is 0 Å². The molecular weight excluding hydrogens is 216 g/mol. The fraction of sp³-hybridized carbons (Fsp3) is 0.167. The molecule has 0 saturated heterocycles. The lowest BCUT2D eigenvalue weighted by molar-refractivity contribution is 0.647. The Labute approximate surface area is 109 Å². The summed E-state index contributed by atoms with van der Waals surface area (Å²) < 4.78 is 0. The molecular formula is C18H16. The second kappa shape index (κ2) is 5.22. The smallest absolute Gasteiger partial charge is 0.0242 e. The van der Waals surface area contributed by atoms with Gasteiger partial charge in [0.15, 0.2) is 0 Å². The summed E-state index contributed by atoms with van der Waals surface area (Å²) >= 11 is 0. The first-order chi connectivity index (χ1) is 8.92. The van der Waals surface area contributed by atoms with Gasteiger partial charge in [-0.25, -0.2) is 0 Å². The van der Waals surface area contributed by atoms with Gasteiger partial charge in [0.05, 0.1) is 0 Å². The molecule has 1 atom stereocenters. The fourth-order valence-corrected chi connectivity index (χ4v) is 2.40. The van der Waals surface area contributed by atoms with Crippen LogP contribution >= 0.6 is 0 Å². The first-order valence-electron chi connectivity index (χ1n) is 6.49. The highest BCUT2D eigenvalue weighted by Gasteiger charge is 2.16. The molecule has 18 heavy (non-hydrogen) atoms. The van der Waals surface area contributed by atoms with Crippen molar-refractivity contribution in [3.05, 3.63) is 83.8 Å². The molecule has 0 saturated carbocycles. The van der Waals surface area contributed by atoms with Crippen molar-refractivity contribution >= 4 is 6.08 Å². The van der Waals surface area contributed by atoms with Crippen molar-refractivity contribution in [2.75, 3.05) is 0 Å². The van der Waals surface area contributed by atoms with Crippen molar-refractivity contribution in [3.63, 3.8) is 0 Å². The van der Waals surface area contributed by atoms with Crippen LogP contribution in [0, 0.1) is 12.3 Å². The Morgan fingerprint density at radius 2 is 1.72 bits per heavy atom. The van der Waals surface area contributed by atoms with Crippen LogP contribution < -0.4 is 0 Å². The van der Waals surface area contributed by atoms with Crippen LogP contribution in [-0.4, -0.2) is 0 Å². The Morgan fingerprint density at radius 1 is 0.944 bits per heavy atom. The van der Waals surface area contributed by atoms with Gasteiger partial charge in [0.2, 0.25) is 0 Å². The van der Waals surface area contributed by atoms with E-state index >= 15 is 0 Å². The fourth-order valence-electron chi connectivity index (χ4n) is 2.40. The van der Waals surface area contributed by atoms with Crippen molar-refractivity contribution in [2.24, 2.45) is 5.92 Å². The molecule has 0 spiro atoms. The third kappa shape index (κ3) is 2.53. The highest BCUT2D eigenvalue weighted by molar-refractivity contribution is 5.50. The Morgan fingerprint density at radius 3 is 2.61 bits per heavy atom. The van der Waals surface area contributed by atoms with Crippen molar-refractivity contribution in [1.82, 2.24) is 0 Å². The molecule has 0 aliphatic heterocycles. The molecule has 0 aromatic heterocycles. The van der Waals surface area contributed by atoms with E-state index in [4.69, 9.17) is 0 Å². The molecule has 2 radical (unpaired) electrons. The second-order valence-corrected chi connectivity index (χ2v) is 4.72. The predicted molar refractivity (Wildman–Crippen MR) is 76.1 cm³/mol. The molecule has 3 rings (SSSR count). The standard InChI is InChI=1S/C18H16/c1-2-6-15(7-3-1)10-11-16-12-13-17-8-4-5-9-18(17)14-16/h1-11,16H,12-13H2. The molecule has 0 nitrogen and oxygen atoms in total. The number of hydrogen-bond donors (Lipinski definition) is 0. The SMILES string of the molecule is [C]1c2ccccc2CCC1C=Cc1ccccc1. The average Bonchev–Trinajstić information content (AvgIpc) is 2.46. The molecule has 0 heterocycles. The van der Waals surface area contributed by atoms with Crippen LogP contribution in [0.3, 0.4) is 0 Å². The van der Waals surface area contributed by atoms with Gasteiger partial charge >= 0.3 is 0 Å². The summed E-state index contributed by atoms with van der Waals surface area (Å²) in [4.78, 5) is 0. The minimum absolute atomic E-state index is 0.445. The lowest BCUT2D eigenvalue weighted by Crippen LogP contribution is -2.09. The van der Waals surface area contributed by atoms with Gasteiger partial charge in [0.1, 0.15) is 0 Å². The second-order valence-electron chi connectivity index (χ2n) is 4.72. The van der Waals surface area contributed by atoms with Crippen LogP contribution in [-0.2, 0) is 6.42 Å². The topological polar surface area (TPSA) is 0 Å². The van der Waals surface area contributed by atoms with Gasteiger partial charge in [-0.3, -0.25) is 0 Å². The maximum Gasteiger partial charge on any atom is 0.0242 e. The van der Waals surface area contributed by atoms with Crippen molar-refractivity contribution in [1.29, 1.82) is 0 Å². The Hall–Kier alpha value is -1.82. The highest BCUT2D eigenvalue weighted by atomic mass is 14.2. The summed E-state index contributed by atoms with van der Waals surface area (Å²) in [5.74, 6) is 0.445. The lowest BCUT2D eigenvalue weighted by atomic mass is 9.83. The van der Waals surface area contributed by atoms with E-state index in [0.717, 1.165) is 6.42 Å². The Balaban J connectivity index is 1.72. The molecule has 0 bridgehead atoms. The average molecular weight is 232 g/mol. The van der Waals surface area contributed by atoms with Crippen LogP contribution in [0.15, 0.2) is 60.7 Å². The third-order valence-corrected chi connectivity index (χ3v) is 3.40. The van der Waals surface area contributed by atoms with Crippen LogP contribution in [0.2, 0.25) is 0 Å². The maximum absolute atomic E-state index is 3.58. The van der Waals surface area contributed by atoms with Crippen LogP contribution in [0.1, 0.15) is 23.1 Å². The number of allylic oxidation sites excluding steroid dienone is 1. The van der Waals surface area contributed by atoms with E-state index in [1.165, 1.54) is 23.1 Å². The summed E-state index contributed by atoms with van der Waals surface area (Å²) in [5, 5.41) is 0. The molecule has 88 valence electrons. The Bertz CT molecular complexity index is 537. The number of aryl methyl sites for hydroxylation is 1. The van der Waals surface area contributed by atoms with Crippen LogP contribution in [0.4, 0.5) is 0 Å². The molecule has 0 fully saturated rings. The summed E-state index contributed by atoms with van der Waals surface area (Å²) in [6.45, 7) is 0. The van der Waals surface area contributed by atoms with Crippen molar-refractivity contribution < 1.29 is 0 Å². The zero-order valence-electron chi connectivity index (χ0n) is 10.3. The minimum Gasteiger partial charge on any atom is -0.0799 e. The molecule has 1 aliphatic rings. The normalized spacial score (nSPS) is 18.8. The first kappa shape index (κ1) is 11.3. The monoisotopic (exact) mass is 232 g/mol. The summed E-state index contributed by atoms with van der Waals surface area (Å²) in [5.41, 5.74) is 3.98. The summed E-state index contributed by atoms with van der Waals surface area (Å²) in [7, 11) is 0. The maximum atomic E-state index is 3.58. The van der Waals surface area contributed by atoms with Crippen LogP contribution in [0.5, 0.6) is 0 Å². The molecule has 2 aromatic rings. The van der Waals surface area contributed by atoms with E-state index in [9.17, 15) is 0 Å². The summed E-state index contributed by atoms with van der Waals surface area (Å²) in [6, 6.07) is 19.0. The molecule has 2 aromatic carbocycles. The van der Waals surface area contributed by atoms with Gasteiger partial charge in [-0.1, -0.05) is 66.7 Å². The number of rotatable bonds is 2. The molecule has 0 N–H and O–H groups in total. The number of benzene rings is 2. The summed E-state index contributed by atoms with van der Waals surface area (Å²) in [6.07, 6.45) is 10.4. The van der Waals surface area contributed by atoms with Crippen LogP contribution in [0.25, 0.3) is 6.08 Å². The lowest BCUT2D eigenvalue weighted by Gasteiger charge is -2.21. The van der Waals surface area contributed by atoms with Crippen molar-refractivity contribution in [3.8, 4) is 0 Å². The van der Waals surface area contributed by atoms with E-state index < -0.39 is 0 Å². The van der Waals surface area contributed by atoms with E-state index in [1.807, 2.05) is 6.07 Å². The van der Waals surface area contributed by atoms with E-state index in [1.54, 1.807) is 0 Å². The molecule has 0 amide bonds. The number of hydrogen-bond acceptors (Lipinski definition) is 0. The van der Waals surface area contributed by atoms with E-state index in [-0.39, 0.29) is 0 Å².